The van der Waals surface area contributed by atoms with Crippen molar-refractivity contribution in [2.24, 2.45) is 11.8 Å². The van der Waals surface area contributed by atoms with E-state index in [1.54, 1.807) is 18.2 Å². The maximum absolute atomic E-state index is 13.5. The number of ether oxygens (including phenoxy) is 1. The molecule has 2 aliphatic heterocycles. The number of aromatic nitrogens is 1. The lowest BCUT2D eigenvalue weighted by Gasteiger charge is -2.30. The summed E-state index contributed by atoms with van der Waals surface area (Å²) in [6.07, 6.45) is 3.41. The van der Waals surface area contributed by atoms with Crippen LogP contribution < -0.4 is 15.0 Å². The van der Waals surface area contributed by atoms with Crippen LogP contribution in [0.2, 0.25) is 0 Å². The normalized spacial score (nSPS) is 20.3. The molecule has 0 radical (unpaired) electrons. The summed E-state index contributed by atoms with van der Waals surface area (Å²) in [5.74, 6) is 0.608. The Morgan fingerprint density at radius 1 is 1.08 bits per heavy atom. The largest absolute Gasteiger partial charge is 0.494 e. The minimum absolute atomic E-state index is 0.0301. The van der Waals surface area contributed by atoms with Crippen LogP contribution in [0.1, 0.15) is 45.1 Å². The summed E-state index contributed by atoms with van der Waals surface area (Å²) in [5.41, 5.74) is 2.53. The van der Waals surface area contributed by atoms with Gasteiger partial charge in [-0.2, -0.15) is 4.31 Å². The lowest BCUT2D eigenvalue weighted by atomic mass is 9.97. The number of hydrogen-bond acceptors (Lipinski definition) is 7. The van der Waals surface area contributed by atoms with E-state index in [2.05, 4.69) is 10.3 Å². The Morgan fingerprint density at radius 3 is 2.56 bits per heavy atom. The third kappa shape index (κ3) is 5.03. The number of benzene rings is 2. The molecule has 1 atom stereocenters. The van der Waals surface area contributed by atoms with Gasteiger partial charge < -0.3 is 15.0 Å². The first-order chi connectivity index (χ1) is 18.7. The zero-order valence-corrected chi connectivity index (χ0v) is 23.7. The third-order valence-electron chi connectivity index (χ3n) is 7.79. The van der Waals surface area contributed by atoms with Crippen molar-refractivity contribution >= 4 is 54.2 Å². The van der Waals surface area contributed by atoms with Crippen LogP contribution in [0.15, 0.2) is 41.3 Å². The van der Waals surface area contributed by atoms with Crippen LogP contribution in [0, 0.1) is 11.8 Å². The topological polar surface area (TPSA) is 109 Å². The fourth-order valence-corrected chi connectivity index (χ4v) is 7.98. The monoisotopic (exact) mass is 568 g/mol. The summed E-state index contributed by atoms with van der Waals surface area (Å²) < 4.78 is 34.9. The number of amides is 2. The van der Waals surface area contributed by atoms with E-state index in [1.807, 2.05) is 36.9 Å². The van der Waals surface area contributed by atoms with Crippen molar-refractivity contribution in [3.8, 4) is 5.75 Å². The van der Waals surface area contributed by atoms with Crippen molar-refractivity contribution in [3.05, 3.63) is 42.0 Å². The van der Waals surface area contributed by atoms with E-state index in [-0.39, 0.29) is 47.7 Å². The lowest BCUT2D eigenvalue weighted by Crippen LogP contribution is -2.41. The van der Waals surface area contributed by atoms with Crippen LogP contribution in [-0.4, -0.2) is 55.3 Å². The maximum atomic E-state index is 13.5. The molecule has 3 aromatic rings. The SMILES string of the molecule is CCOc1ccc2nc(NC(=O)C3CCN(S(=O)(=O)c4ccc5c(c4)C[C@H](C)N5C(=O)C4CC4)CC3)sc2c1. The summed E-state index contributed by atoms with van der Waals surface area (Å²) in [6.45, 7) is 5.07. The second-order valence-electron chi connectivity index (χ2n) is 10.6. The lowest BCUT2D eigenvalue weighted by molar-refractivity contribution is -0.121. The van der Waals surface area contributed by atoms with Gasteiger partial charge >= 0.3 is 0 Å². The van der Waals surface area contributed by atoms with Crippen molar-refractivity contribution in [2.75, 3.05) is 29.9 Å². The van der Waals surface area contributed by atoms with Gasteiger partial charge in [-0.05, 0) is 87.9 Å². The van der Waals surface area contributed by atoms with Gasteiger partial charge in [0, 0.05) is 36.7 Å². The van der Waals surface area contributed by atoms with Crippen molar-refractivity contribution < 1.29 is 22.7 Å². The average Bonchev–Trinajstić information content (AvgIpc) is 3.62. The molecule has 1 saturated carbocycles. The molecule has 1 saturated heterocycles. The van der Waals surface area contributed by atoms with Gasteiger partial charge in [-0.1, -0.05) is 11.3 Å². The molecule has 206 valence electrons. The molecule has 11 heteroatoms. The van der Waals surface area contributed by atoms with Gasteiger partial charge in [0.1, 0.15) is 5.75 Å². The van der Waals surface area contributed by atoms with E-state index in [0.29, 0.717) is 31.0 Å². The maximum Gasteiger partial charge on any atom is 0.243 e. The van der Waals surface area contributed by atoms with E-state index >= 15 is 0 Å². The number of carbonyl (C=O) groups is 2. The fourth-order valence-electron chi connectivity index (χ4n) is 5.56. The van der Waals surface area contributed by atoms with Gasteiger partial charge in [-0.25, -0.2) is 13.4 Å². The molecule has 1 aromatic heterocycles. The number of rotatable bonds is 7. The van der Waals surface area contributed by atoms with E-state index in [0.717, 1.165) is 40.1 Å². The van der Waals surface area contributed by atoms with Crippen LogP contribution in [0.5, 0.6) is 5.75 Å². The summed E-state index contributed by atoms with van der Waals surface area (Å²) in [4.78, 5) is 32.3. The molecule has 2 fully saturated rings. The molecule has 0 bridgehead atoms. The first-order valence-electron chi connectivity index (χ1n) is 13.5. The van der Waals surface area contributed by atoms with Crippen molar-refractivity contribution in [1.29, 1.82) is 0 Å². The highest BCUT2D eigenvalue weighted by molar-refractivity contribution is 7.89. The Hall–Kier alpha value is -3.02. The van der Waals surface area contributed by atoms with Crippen LogP contribution in [0.4, 0.5) is 10.8 Å². The minimum atomic E-state index is -3.70. The molecule has 1 N–H and O–H groups in total. The Labute approximate surface area is 232 Å². The Kier molecular flexibility index (Phi) is 6.84. The van der Waals surface area contributed by atoms with Gasteiger partial charge in [0.25, 0.3) is 0 Å². The number of piperidine rings is 1. The highest BCUT2D eigenvalue weighted by Crippen LogP contribution is 2.40. The number of sulfonamides is 1. The van der Waals surface area contributed by atoms with Crippen LogP contribution in [0.25, 0.3) is 10.2 Å². The van der Waals surface area contributed by atoms with Crippen LogP contribution in [0.3, 0.4) is 0 Å². The molecule has 2 amide bonds. The molecule has 0 unspecified atom stereocenters. The molecular formula is C28H32N4O5S2. The quantitative estimate of drug-likeness (QED) is 0.452. The number of fused-ring (bicyclic) bond motifs is 2. The zero-order valence-electron chi connectivity index (χ0n) is 22.1. The number of thiazole rings is 1. The van der Waals surface area contributed by atoms with E-state index < -0.39 is 10.0 Å². The first-order valence-corrected chi connectivity index (χ1v) is 15.8. The van der Waals surface area contributed by atoms with Crippen LogP contribution in [-0.2, 0) is 26.0 Å². The van der Waals surface area contributed by atoms with E-state index in [1.165, 1.54) is 15.6 Å². The summed E-state index contributed by atoms with van der Waals surface area (Å²) in [7, 11) is -3.70. The molecule has 3 aliphatic rings. The van der Waals surface area contributed by atoms with Gasteiger partial charge in [-0.3, -0.25) is 9.59 Å². The molecule has 3 heterocycles. The van der Waals surface area contributed by atoms with Gasteiger partial charge in [0.2, 0.25) is 21.8 Å². The Morgan fingerprint density at radius 2 is 1.85 bits per heavy atom. The average molecular weight is 569 g/mol. The van der Waals surface area contributed by atoms with Gasteiger partial charge in [0.05, 0.1) is 21.7 Å². The number of hydrogen-bond donors (Lipinski definition) is 1. The Balaban J connectivity index is 1.09. The number of nitrogens with zero attached hydrogens (tertiary/aromatic N) is 3. The molecule has 39 heavy (non-hydrogen) atoms. The summed E-state index contributed by atoms with van der Waals surface area (Å²) in [5, 5.41) is 3.45. The van der Waals surface area contributed by atoms with E-state index in [9.17, 15) is 18.0 Å². The molecular weight excluding hydrogens is 536 g/mol. The van der Waals surface area contributed by atoms with Crippen LogP contribution >= 0.6 is 11.3 Å². The molecule has 9 nitrogen and oxygen atoms in total. The number of nitrogens with one attached hydrogen (secondary N) is 1. The van der Waals surface area contributed by atoms with Crippen molar-refractivity contribution in [3.63, 3.8) is 0 Å². The first kappa shape index (κ1) is 26.2. The van der Waals surface area contributed by atoms with E-state index in [4.69, 9.17) is 4.74 Å². The third-order valence-corrected chi connectivity index (χ3v) is 10.6. The molecule has 1 aliphatic carbocycles. The van der Waals surface area contributed by atoms with Crippen molar-refractivity contribution in [1.82, 2.24) is 9.29 Å². The number of anilines is 2. The zero-order chi connectivity index (χ0) is 27.3. The molecule has 2 aromatic carbocycles. The standard InChI is InChI=1S/C28H32N4O5S2/c1-3-37-21-6-8-23-25(16-21)38-28(29-23)30-26(33)18-10-12-31(13-11-18)39(35,36)22-7-9-24-20(15-22)14-17(2)32(24)27(34)19-4-5-19/h6-9,15-19H,3-5,10-14H2,1-2H3,(H,29,30,33)/t17-/m0/s1. The highest BCUT2D eigenvalue weighted by atomic mass is 32.2. The predicted octanol–water partition coefficient (Wildman–Crippen LogP) is 4.42. The summed E-state index contributed by atoms with van der Waals surface area (Å²) >= 11 is 1.39. The minimum Gasteiger partial charge on any atom is -0.494 e. The number of carbonyl (C=O) groups excluding carboxylic acids is 2. The second-order valence-corrected chi connectivity index (χ2v) is 13.5. The fraction of sp³-hybridized carbons (Fsp3) is 0.464. The van der Waals surface area contributed by atoms with Gasteiger partial charge in [0.15, 0.2) is 5.13 Å². The predicted molar refractivity (Wildman–Crippen MR) is 151 cm³/mol. The van der Waals surface area contributed by atoms with Gasteiger partial charge in [-0.15, -0.1) is 0 Å². The highest BCUT2D eigenvalue weighted by Gasteiger charge is 2.40. The Bertz CT molecular complexity index is 1540. The van der Waals surface area contributed by atoms with Crippen molar-refractivity contribution in [2.45, 2.75) is 56.9 Å². The second kappa shape index (κ2) is 10.2. The molecule has 6 rings (SSSR count). The molecule has 0 spiro atoms. The smallest absolute Gasteiger partial charge is 0.243 e. The summed E-state index contributed by atoms with van der Waals surface area (Å²) in [6, 6.07) is 10.8.